The number of alkyl halides is 1. The highest BCUT2D eigenvalue weighted by Gasteiger charge is 2.41. The summed E-state index contributed by atoms with van der Waals surface area (Å²) in [4.78, 5) is 11.0. The second-order valence-electron chi connectivity index (χ2n) is 3.38. The van der Waals surface area contributed by atoms with E-state index in [1.807, 2.05) is 0 Å². The van der Waals surface area contributed by atoms with Crippen molar-refractivity contribution in [3.8, 4) is 0 Å². The third-order valence-corrected chi connectivity index (χ3v) is 2.06. The van der Waals surface area contributed by atoms with Gasteiger partial charge in [-0.25, -0.2) is 4.39 Å². The molecule has 0 heterocycles. The molecule has 62 valence electrons. The molecule has 0 aliphatic heterocycles. The Bertz CT molecular complexity index is 198. The Balaban J connectivity index is 2.65. The number of rotatable bonds is 2. The number of allylic oxidation sites excluding steroid dienone is 1. The van der Waals surface area contributed by atoms with Gasteiger partial charge in [0.2, 0.25) is 0 Å². The second-order valence-corrected chi connectivity index (χ2v) is 3.38. The highest BCUT2D eigenvalue weighted by Crippen LogP contribution is 2.34. The van der Waals surface area contributed by atoms with Crippen LogP contribution in [0.4, 0.5) is 4.39 Å². The van der Waals surface area contributed by atoms with Crippen molar-refractivity contribution in [1.82, 2.24) is 0 Å². The van der Waals surface area contributed by atoms with Crippen LogP contribution in [0.2, 0.25) is 0 Å². The minimum absolute atomic E-state index is 0.214. The molecule has 0 aromatic rings. The Labute approximate surface area is 66.3 Å². The van der Waals surface area contributed by atoms with Crippen molar-refractivity contribution in [2.45, 2.75) is 38.3 Å². The Kier molecular flexibility index (Phi) is 2.12. The van der Waals surface area contributed by atoms with E-state index in [1.54, 1.807) is 6.92 Å². The van der Waals surface area contributed by atoms with E-state index < -0.39 is 5.67 Å². The zero-order valence-electron chi connectivity index (χ0n) is 6.82. The molecule has 0 saturated heterocycles. The van der Waals surface area contributed by atoms with Gasteiger partial charge in [0.1, 0.15) is 0 Å². The Morgan fingerprint density at radius 1 is 1.82 bits per heavy atom. The van der Waals surface area contributed by atoms with Crippen molar-refractivity contribution < 1.29 is 9.18 Å². The third kappa shape index (κ3) is 1.67. The molecule has 1 fully saturated rings. The lowest BCUT2D eigenvalue weighted by atomic mass is 9.95. The number of Topliss-reactive ketones (excluding diaryl/α,β-unsaturated/α-hetero) is 1. The highest BCUT2D eigenvalue weighted by molar-refractivity contribution is 5.89. The fraction of sp³-hybridized carbons (Fsp3) is 0.667. The number of ketones is 1. The molecular weight excluding hydrogens is 143 g/mol. The smallest absolute Gasteiger partial charge is 0.172 e. The summed E-state index contributed by atoms with van der Waals surface area (Å²) in [5, 5.41) is 0. The van der Waals surface area contributed by atoms with Crippen molar-refractivity contribution in [3.63, 3.8) is 0 Å². The van der Waals surface area contributed by atoms with Crippen molar-refractivity contribution >= 4 is 5.78 Å². The number of hydrogen-bond acceptors (Lipinski definition) is 1. The lowest BCUT2D eigenvalue weighted by Gasteiger charge is -2.16. The molecular formula is C9H13FO. The van der Waals surface area contributed by atoms with Crippen molar-refractivity contribution in [1.29, 1.82) is 0 Å². The maximum absolute atomic E-state index is 13.5. The van der Waals surface area contributed by atoms with Crippen molar-refractivity contribution in [2.75, 3.05) is 0 Å². The summed E-state index contributed by atoms with van der Waals surface area (Å²) in [7, 11) is 0. The van der Waals surface area contributed by atoms with E-state index in [0.717, 1.165) is 5.57 Å². The fourth-order valence-electron chi connectivity index (χ4n) is 1.56. The largest absolute Gasteiger partial charge is 0.296 e. The predicted octanol–water partition coefficient (Wildman–Crippen LogP) is 2.41. The van der Waals surface area contributed by atoms with Gasteiger partial charge in [-0.2, -0.15) is 0 Å². The van der Waals surface area contributed by atoms with Gasteiger partial charge < -0.3 is 0 Å². The Hall–Kier alpha value is -0.660. The molecule has 1 atom stereocenters. The molecule has 0 aromatic carbocycles. The third-order valence-electron chi connectivity index (χ3n) is 2.06. The summed E-state index contributed by atoms with van der Waals surface area (Å²) in [5.41, 5.74) is -0.811. The monoisotopic (exact) mass is 156 g/mol. The van der Waals surface area contributed by atoms with Gasteiger partial charge in [0.15, 0.2) is 11.5 Å². The lowest BCUT2D eigenvalue weighted by Crippen LogP contribution is -2.27. The molecule has 0 bridgehead atoms. The van der Waals surface area contributed by atoms with E-state index in [1.165, 1.54) is 0 Å². The number of hydrogen-bond donors (Lipinski definition) is 0. The van der Waals surface area contributed by atoms with Crippen LogP contribution in [0, 0.1) is 0 Å². The lowest BCUT2D eigenvalue weighted by molar-refractivity contribution is -0.127. The molecule has 1 nitrogen and oxygen atoms in total. The average molecular weight is 156 g/mol. The van der Waals surface area contributed by atoms with E-state index >= 15 is 0 Å². The van der Waals surface area contributed by atoms with Gasteiger partial charge in [-0.05, 0) is 19.8 Å². The van der Waals surface area contributed by atoms with Crippen molar-refractivity contribution in [2.24, 2.45) is 0 Å². The zero-order chi connectivity index (χ0) is 8.48. The van der Waals surface area contributed by atoms with E-state index in [4.69, 9.17) is 0 Å². The standard InChI is InChI=1S/C9H13FO/c1-7(2)6-9(10)5-3-4-8(9)11/h1,3-6H2,2H3/t9-/m1/s1. The molecule has 1 aliphatic rings. The van der Waals surface area contributed by atoms with E-state index in [-0.39, 0.29) is 12.2 Å². The molecule has 0 unspecified atom stereocenters. The van der Waals surface area contributed by atoms with Crippen LogP contribution in [0.1, 0.15) is 32.6 Å². The Morgan fingerprint density at radius 3 is 2.82 bits per heavy atom. The quantitative estimate of drug-likeness (QED) is 0.561. The topological polar surface area (TPSA) is 17.1 Å². The van der Waals surface area contributed by atoms with Crippen LogP contribution in [0.25, 0.3) is 0 Å². The molecule has 1 aliphatic carbocycles. The molecule has 11 heavy (non-hydrogen) atoms. The maximum atomic E-state index is 13.5. The molecule has 2 heteroatoms. The van der Waals surface area contributed by atoms with E-state index in [9.17, 15) is 9.18 Å². The molecule has 0 aromatic heterocycles. The summed E-state index contributed by atoms with van der Waals surface area (Å²) >= 11 is 0. The first kappa shape index (κ1) is 8.44. The van der Waals surface area contributed by atoms with Gasteiger partial charge in [-0.15, -0.1) is 6.58 Å². The van der Waals surface area contributed by atoms with Crippen LogP contribution in [0.15, 0.2) is 12.2 Å². The van der Waals surface area contributed by atoms with Crippen LogP contribution in [-0.2, 0) is 4.79 Å². The first-order valence-electron chi connectivity index (χ1n) is 3.91. The second kappa shape index (κ2) is 2.76. The Morgan fingerprint density at radius 2 is 2.45 bits per heavy atom. The zero-order valence-corrected chi connectivity index (χ0v) is 6.82. The normalized spacial score (nSPS) is 30.9. The van der Waals surface area contributed by atoms with E-state index in [2.05, 4.69) is 6.58 Å². The molecule has 0 amide bonds. The van der Waals surface area contributed by atoms with Crippen LogP contribution in [-0.4, -0.2) is 11.5 Å². The van der Waals surface area contributed by atoms with Gasteiger partial charge in [0.05, 0.1) is 0 Å². The van der Waals surface area contributed by atoms with Crippen LogP contribution in [0.3, 0.4) is 0 Å². The predicted molar refractivity (Wildman–Crippen MR) is 42.1 cm³/mol. The van der Waals surface area contributed by atoms with Gasteiger partial charge in [0.25, 0.3) is 0 Å². The molecule has 0 spiro atoms. The molecule has 1 saturated carbocycles. The molecule has 1 rings (SSSR count). The molecule has 0 radical (unpaired) electrons. The maximum Gasteiger partial charge on any atom is 0.172 e. The first-order chi connectivity index (χ1) is 5.04. The summed E-state index contributed by atoms with van der Waals surface area (Å²) in [6.07, 6.45) is 1.71. The first-order valence-corrected chi connectivity index (χ1v) is 3.91. The minimum Gasteiger partial charge on any atom is -0.296 e. The summed E-state index contributed by atoms with van der Waals surface area (Å²) in [6.45, 7) is 5.36. The van der Waals surface area contributed by atoms with Gasteiger partial charge in [-0.1, -0.05) is 5.57 Å². The fourth-order valence-corrected chi connectivity index (χ4v) is 1.56. The molecule has 0 N–H and O–H groups in total. The van der Waals surface area contributed by atoms with E-state index in [0.29, 0.717) is 19.3 Å². The highest BCUT2D eigenvalue weighted by atomic mass is 19.1. The van der Waals surface area contributed by atoms with Gasteiger partial charge in [-0.3, -0.25) is 4.79 Å². The minimum atomic E-state index is -1.56. The van der Waals surface area contributed by atoms with Gasteiger partial charge in [0, 0.05) is 12.8 Å². The number of carbonyl (C=O) groups is 1. The van der Waals surface area contributed by atoms with Crippen molar-refractivity contribution in [3.05, 3.63) is 12.2 Å². The van der Waals surface area contributed by atoms with Crippen LogP contribution in [0.5, 0.6) is 0 Å². The van der Waals surface area contributed by atoms with Crippen LogP contribution < -0.4 is 0 Å². The summed E-state index contributed by atoms with van der Waals surface area (Å²) < 4.78 is 13.5. The van der Waals surface area contributed by atoms with Crippen LogP contribution >= 0.6 is 0 Å². The van der Waals surface area contributed by atoms with Gasteiger partial charge >= 0.3 is 0 Å². The number of halogens is 1. The average Bonchev–Trinajstić information content (AvgIpc) is 2.11. The summed E-state index contributed by atoms with van der Waals surface area (Å²) in [6, 6.07) is 0. The number of carbonyl (C=O) groups excluding carboxylic acids is 1. The SMILES string of the molecule is C=C(C)C[C@]1(F)CCCC1=O. The summed E-state index contributed by atoms with van der Waals surface area (Å²) in [5.74, 6) is -0.236.